The maximum Gasteiger partial charge on any atom is 0.256 e. The molecule has 2 N–H and O–H groups in total. The highest BCUT2D eigenvalue weighted by molar-refractivity contribution is 6.08. The zero-order chi connectivity index (χ0) is 25.1. The maximum atomic E-state index is 15.0. The van der Waals surface area contributed by atoms with Crippen LogP contribution in [0.5, 0.6) is 0 Å². The fourth-order valence-corrected chi connectivity index (χ4v) is 3.77. The number of rotatable bonds is 7. The quantitative estimate of drug-likeness (QED) is 0.372. The molecule has 0 bridgehead atoms. The third kappa shape index (κ3) is 4.79. The van der Waals surface area contributed by atoms with Crippen molar-refractivity contribution in [2.24, 2.45) is 0 Å². The molecule has 0 saturated heterocycles. The number of pyridine rings is 1. The molecule has 6 nitrogen and oxygen atoms in total. The first-order valence-corrected chi connectivity index (χ1v) is 10.7. The van der Waals surface area contributed by atoms with E-state index in [1.54, 1.807) is 42.2 Å². The molecule has 0 aliphatic heterocycles. The molecule has 0 aliphatic carbocycles. The van der Waals surface area contributed by atoms with Crippen LogP contribution in [-0.4, -0.2) is 40.5 Å². The SMILES string of the molecule is CN/C=C(\C=N)c1ccc2ncc(-c3ccc(C(=O)N(C)Cc4ccc(F)c(F)c4)c(F)c3)n2c1. The van der Waals surface area contributed by atoms with E-state index < -0.39 is 23.4 Å². The molecule has 0 atom stereocenters. The summed E-state index contributed by atoms with van der Waals surface area (Å²) in [5.74, 6) is -3.29. The predicted octanol–water partition coefficient (Wildman–Crippen LogP) is 4.90. The van der Waals surface area contributed by atoms with Crippen LogP contribution in [0, 0.1) is 22.9 Å². The molecule has 35 heavy (non-hydrogen) atoms. The molecule has 0 fully saturated rings. The van der Waals surface area contributed by atoms with E-state index in [9.17, 15) is 13.6 Å². The van der Waals surface area contributed by atoms with Crippen molar-refractivity contribution in [1.82, 2.24) is 19.6 Å². The minimum atomic E-state index is -1.01. The Kier molecular flexibility index (Phi) is 6.68. The Morgan fingerprint density at radius 3 is 2.57 bits per heavy atom. The van der Waals surface area contributed by atoms with Gasteiger partial charge in [0.05, 0.1) is 17.5 Å². The first kappa shape index (κ1) is 23.7. The highest BCUT2D eigenvalue weighted by Gasteiger charge is 2.19. The maximum absolute atomic E-state index is 15.0. The lowest BCUT2D eigenvalue weighted by atomic mass is 10.1. The van der Waals surface area contributed by atoms with Crippen LogP contribution in [-0.2, 0) is 6.54 Å². The Morgan fingerprint density at radius 1 is 1.09 bits per heavy atom. The fourth-order valence-electron chi connectivity index (χ4n) is 3.77. The molecule has 2 aromatic heterocycles. The minimum absolute atomic E-state index is 0.0112. The standard InChI is InChI=1S/C26H22F3N5O/c1-31-12-19(11-30)18-5-8-25-32-13-24(34(25)15-18)17-4-6-20(22(28)10-17)26(35)33(2)14-16-3-7-21(27)23(29)9-16/h3-13,15,30-31H,14H2,1-2H3/b19-12+,30-11?. The van der Waals surface area contributed by atoms with Crippen LogP contribution in [0.2, 0.25) is 0 Å². The van der Waals surface area contributed by atoms with Crippen LogP contribution in [0.25, 0.3) is 22.5 Å². The lowest BCUT2D eigenvalue weighted by Gasteiger charge is -2.18. The second kappa shape index (κ2) is 9.84. The van der Waals surface area contributed by atoms with E-state index in [4.69, 9.17) is 5.41 Å². The van der Waals surface area contributed by atoms with Gasteiger partial charge in [-0.3, -0.25) is 9.20 Å². The number of carbonyl (C=O) groups excluding carboxylic acids is 1. The molecule has 0 aliphatic rings. The summed E-state index contributed by atoms with van der Waals surface area (Å²) in [7, 11) is 3.20. The summed E-state index contributed by atoms with van der Waals surface area (Å²) in [6.07, 6.45) is 6.34. The van der Waals surface area contributed by atoms with Crippen molar-refractivity contribution in [3.63, 3.8) is 0 Å². The Balaban J connectivity index is 1.62. The van der Waals surface area contributed by atoms with Gasteiger partial charge in [0.15, 0.2) is 11.6 Å². The largest absolute Gasteiger partial charge is 0.393 e. The smallest absolute Gasteiger partial charge is 0.256 e. The Hall–Kier alpha value is -4.40. The number of imidazole rings is 1. The molecule has 0 spiro atoms. The molecule has 4 rings (SSSR count). The Bertz CT molecular complexity index is 1460. The van der Waals surface area contributed by atoms with Gasteiger partial charge in [-0.2, -0.15) is 0 Å². The molecule has 2 aromatic carbocycles. The van der Waals surface area contributed by atoms with Gasteiger partial charge < -0.3 is 15.6 Å². The van der Waals surface area contributed by atoms with Crippen molar-refractivity contribution in [3.8, 4) is 11.3 Å². The van der Waals surface area contributed by atoms with Gasteiger partial charge in [0, 0.05) is 56.0 Å². The Morgan fingerprint density at radius 2 is 1.89 bits per heavy atom. The lowest BCUT2D eigenvalue weighted by Crippen LogP contribution is -2.27. The number of fused-ring (bicyclic) bond motifs is 1. The molecule has 9 heteroatoms. The second-order valence-corrected chi connectivity index (χ2v) is 7.93. The summed E-state index contributed by atoms with van der Waals surface area (Å²) in [4.78, 5) is 18.4. The zero-order valence-corrected chi connectivity index (χ0v) is 19.0. The van der Waals surface area contributed by atoms with Crippen LogP contribution in [0.1, 0.15) is 21.5 Å². The molecule has 4 aromatic rings. The summed E-state index contributed by atoms with van der Waals surface area (Å²) in [6, 6.07) is 11.3. The van der Waals surface area contributed by atoms with E-state index in [2.05, 4.69) is 10.3 Å². The van der Waals surface area contributed by atoms with Crippen molar-refractivity contribution >= 4 is 23.3 Å². The highest BCUT2D eigenvalue weighted by Crippen LogP contribution is 2.25. The molecular formula is C26H22F3N5O. The van der Waals surface area contributed by atoms with Gasteiger partial charge in [-0.05, 0) is 42.0 Å². The predicted molar refractivity (Wildman–Crippen MR) is 129 cm³/mol. The number of nitrogens with zero attached hydrogens (tertiary/aromatic N) is 3. The summed E-state index contributed by atoms with van der Waals surface area (Å²) >= 11 is 0. The number of halogens is 3. The number of benzene rings is 2. The van der Waals surface area contributed by atoms with E-state index in [-0.39, 0.29) is 12.1 Å². The van der Waals surface area contributed by atoms with E-state index in [0.29, 0.717) is 28.0 Å². The van der Waals surface area contributed by atoms with Gasteiger partial charge in [0.2, 0.25) is 0 Å². The van der Waals surface area contributed by atoms with Gasteiger partial charge in [-0.1, -0.05) is 12.1 Å². The molecule has 0 saturated carbocycles. The van der Waals surface area contributed by atoms with Crippen LogP contribution >= 0.6 is 0 Å². The second-order valence-electron chi connectivity index (χ2n) is 7.93. The summed E-state index contributed by atoms with van der Waals surface area (Å²) in [5, 5.41) is 10.5. The number of allylic oxidation sites excluding steroid dienone is 1. The first-order valence-electron chi connectivity index (χ1n) is 10.7. The van der Waals surface area contributed by atoms with Crippen molar-refractivity contribution in [2.45, 2.75) is 6.54 Å². The lowest BCUT2D eigenvalue weighted by molar-refractivity contribution is 0.0780. The normalized spacial score (nSPS) is 11.5. The number of carbonyl (C=O) groups is 1. The average Bonchev–Trinajstić information content (AvgIpc) is 3.27. The van der Waals surface area contributed by atoms with Gasteiger partial charge in [-0.25, -0.2) is 18.2 Å². The van der Waals surface area contributed by atoms with E-state index in [1.165, 1.54) is 36.4 Å². The molecular weight excluding hydrogens is 455 g/mol. The van der Waals surface area contributed by atoms with E-state index >= 15 is 4.39 Å². The van der Waals surface area contributed by atoms with Crippen molar-refractivity contribution in [2.75, 3.05) is 14.1 Å². The van der Waals surface area contributed by atoms with E-state index in [0.717, 1.165) is 17.7 Å². The third-order valence-corrected chi connectivity index (χ3v) is 5.54. The Labute approximate surface area is 199 Å². The average molecular weight is 477 g/mol. The van der Waals surface area contributed by atoms with Crippen molar-refractivity contribution < 1.29 is 18.0 Å². The monoisotopic (exact) mass is 477 g/mol. The molecule has 0 unspecified atom stereocenters. The zero-order valence-electron chi connectivity index (χ0n) is 19.0. The van der Waals surface area contributed by atoms with Crippen LogP contribution in [0.15, 0.2) is 67.1 Å². The van der Waals surface area contributed by atoms with Gasteiger partial charge in [0.25, 0.3) is 5.91 Å². The van der Waals surface area contributed by atoms with Gasteiger partial charge in [-0.15, -0.1) is 0 Å². The fraction of sp³-hybridized carbons (Fsp3) is 0.115. The summed E-state index contributed by atoms with van der Waals surface area (Å²) in [5.41, 5.74) is 3.44. The number of nitrogens with one attached hydrogen (secondary N) is 2. The molecule has 178 valence electrons. The van der Waals surface area contributed by atoms with Crippen LogP contribution in [0.4, 0.5) is 13.2 Å². The number of aromatic nitrogens is 2. The summed E-state index contributed by atoms with van der Waals surface area (Å²) < 4.78 is 43.4. The van der Waals surface area contributed by atoms with Crippen LogP contribution < -0.4 is 5.32 Å². The minimum Gasteiger partial charge on any atom is -0.393 e. The molecule has 0 radical (unpaired) electrons. The van der Waals surface area contributed by atoms with E-state index in [1.807, 2.05) is 6.07 Å². The summed E-state index contributed by atoms with van der Waals surface area (Å²) in [6.45, 7) is -0.0112. The van der Waals surface area contributed by atoms with Crippen LogP contribution in [0.3, 0.4) is 0 Å². The first-order chi connectivity index (χ1) is 16.8. The number of hydrogen-bond donors (Lipinski definition) is 2. The van der Waals surface area contributed by atoms with Gasteiger partial charge in [0.1, 0.15) is 11.5 Å². The molecule has 2 heterocycles. The third-order valence-electron chi connectivity index (χ3n) is 5.54. The van der Waals surface area contributed by atoms with Crippen molar-refractivity contribution in [3.05, 3.63) is 101 Å². The number of amides is 1. The number of hydrogen-bond acceptors (Lipinski definition) is 4. The van der Waals surface area contributed by atoms with Gasteiger partial charge >= 0.3 is 0 Å². The molecule has 1 amide bonds. The highest BCUT2D eigenvalue weighted by atomic mass is 19.2. The van der Waals surface area contributed by atoms with Crippen molar-refractivity contribution in [1.29, 1.82) is 5.41 Å². The topological polar surface area (TPSA) is 73.5 Å².